The normalized spacial score (nSPS) is 14.2. The molecule has 66 valence electrons. The number of hydrogen-bond acceptors (Lipinski definition) is 1. The number of nitrogens with two attached hydrogens (primary N) is 1. The van der Waals surface area contributed by atoms with Crippen LogP contribution in [0.2, 0.25) is 0 Å². The summed E-state index contributed by atoms with van der Waals surface area (Å²) in [4.78, 5) is 0. The monoisotopic (exact) mass is 174 g/mol. The summed E-state index contributed by atoms with van der Waals surface area (Å²) < 4.78 is 0. The topological polar surface area (TPSA) is 38.0 Å². The maximum atomic E-state index is 5.30. The van der Waals surface area contributed by atoms with Crippen LogP contribution in [-0.2, 0) is 0 Å². The summed E-state index contributed by atoms with van der Waals surface area (Å²) in [5.41, 5.74) is 5.62. The molecule has 0 bridgehead atoms. The fourth-order valence-corrected chi connectivity index (χ4v) is 0.643. The first-order chi connectivity index (χ1) is 4.84. The van der Waals surface area contributed by atoms with Gasteiger partial charge in [-0.05, 0) is 23.6 Å². The van der Waals surface area contributed by atoms with Crippen molar-refractivity contribution in [1.82, 2.24) is 5.32 Å². The van der Waals surface area contributed by atoms with Crippen LogP contribution in [0.4, 0.5) is 0 Å². The molecule has 0 saturated carbocycles. The van der Waals surface area contributed by atoms with Crippen LogP contribution in [0.3, 0.4) is 0 Å². The quantitative estimate of drug-likeness (QED) is 0.623. The molecule has 3 heteroatoms. The number of nitrogens with one attached hydrogen (secondary N) is 1. The molecule has 0 aliphatic rings. The van der Waals surface area contributed by atoms with Gasteiger partial charge in [0.1, 0.15) is 0 Å². The van der Waals surface area contributed by atoms with Crippen molar-refractivity contribution in [3.63, 3.8) is 0 Å². The highest BCUT2D eigenvalue weighted by molar-refractivity contribution is 7.80. The molecule has 3 N–H and O–H groups in total. The van der Waals surface area contributed by atoms with E-state index in [2.05, 4.69) is 33.0 Å². The highest BCUT2D eigenvalue weighted by Gasteiger charge is 2.19. The van der Waals surface area contributed by atoms with Gasteiger partial charge in [0.25, 0.3) is 0 Å². The number of rotatable bonds is 2. The average Bonchev–Trinajstić information content (AvgIpc) is 1.80. The molecule has 0 radical (unpaired) electrons. The average molecular weight is 174 g/mol. The predicted octanol–water partition coefficient (Wildman–Crippen LogP) is 1.50. The molecular formula is C8H18N2S. The van der Waals surface area contributed by atoms with Crippen molar-refractivity contribution in [2.45, 2.75) is 27.7 Å². The van der Waals surface area contributed by atoms with Gasteiger partial charge < -0.3 is 11.1 Å². The maximum Gasteiger partial charge on any atom is 0.163 e. The molecule has 0 amide bonds. The van der Waals surface area contributed by atoms with Gasteiger partial charge in [-0.2, -0.15) is 0 Å². The molecule has 0 saturated heterocycles. The summed E-state index contributed by atoms with van der Waals surface area (Å²) in [5, 5.41) is 3.35. The predicted molar refractivity (Wildman–Crippen MR) is 53.4 cm³/mol. The highest BCUT2D eigenvalue weighted by atomic mass is 32.1. The smallest absolute Gasteiger partial charge is 0.163 e. The van der Waals surface area contributed by atoms with E-state index in [4.69, 9.17) is 18.0 Å². The van der Waals surface area contributed by atoms with Crippen molar-refractivity contribution in [3.05, 3.63) is 0 Å². The van der Waals surface area contributed by atoms with Crippen molar-refractivity contribution >= 4 is 17.3 Å². The molecule has 2 nitrogen and oxygen atoms in total. The van der Waals surface area contributed by atoms with Crippen LogP contribution >= 0.6 is 12.2 Å². The molecule has 0 aromatic carbocycles. The first kappa shape index (κ1) is 10.7. The van der Waals surface area contributed by atoms with Gasteiger partial charge in [0, 0.05) is 6.54 Å². The summed E-state index contributed by atoms with van der Waals surface area (Å²) in [6.45, 7) is 9.67. The summed E-state index contributed by atoms with van der Waals surface area (Å²) in [6, 6.07) is 0. The van der Waals surface area contributed by atoms with E-state index >= 15 is 0 Å². The van der Waals surface area contributed by atoms with E-state index in [0.717, 1.165) is 6.54 Å². The van der Waals surface area contributed by atoms with Crippen molar-refractivity contribution in [2.75, 3.05) is 6.54 Å². The zero-order chi connectivity index (χ0) is 9.07. The Hall–Kier alpha value is -0.310. The second-order valence-corrected chi connectivity index (χ2v) is 4.45. The van der Waals surface area contributed by atoms with Crippen LogP contribution < -0.4 is 11.1 Å². The van der Waals surface area contributed by atoms with Crippen LogP contribution in [-0.4, -0.2) is 11.7 Å². The number of thiocarbonyl (C=S) groups is 1. The fraction of sp³-hybridized carbons (Fsp3) is 0.875. The van der Waals surface area contributed by atoms with Gasteiger partial charge in [-0.1, -0.05) is 27.7 Å². The van der Waals surface area contributed by atoms with E-state index in [1.807, 2.05) is 0 Å². The minimum absolute atomic E-state index is 0.317. The number of hydrogen-bond donors (Lipinski definition) is 2. The summed E-state index contributed by atoms with van der Waals surface area (Å²) in [6.07, 6.45) is 0. The zero-order valence-corrected chi connectivity index (χ0v) is 8.59. The van der Waals surface area contributed by atoms with E-state index in [0.29, 0.717) is 16.4 Å². The van der Waals surface area contributed by atoms with Gasteiger partial charge >= 0.3 is 0 Å². The maximum absolute atomic E-state index is 5.30. The Balaban J connectivity index is 3.70. The molecule has 1 atom stereocenters. The lowest BCUT2D eigenvalue weighted by Gasteiger charge is -2.27. The van der Waals surface area contributed by atoms with Gasteiger partial charge in [-0.3, -0.25) is 0 Å². The Labute approximate surface area is 74.5 Å². The molecule has 0 aliphatic heterocycles. The molecule has 0 rings (SSSR count). The van der Waals surface area contributed by atoms with E-state index in [9.17, 15) is 0 Å². The van der Waals surface area contributed by atoms with Gasteiger partial charge in [0.15, 0.2) is 5.11 Å². The molecule has 0 heterocycles. The fourth-order valence-electron chi connectivity index (χ4n) is 0.560. The van der Waals surface area contributed by atoms with Crippen molar-refractivity contribution in [2.24, 2.45) is 17.1 Å². The van der Waals surface area contributed by atoms with Crippen molar-refractivity contribution < 1.29 is 0 Å². The minimum atomic E-state index is 0.317. The third kappa shape index (κ3) is 5.01. The van der Waals surface area contributed by atoms with E-state index < -0.39 is 0 Å². The van der Waals surface area contributed by atoms with E-state index in [-0.39, 0.29) is 0 Å². The lowest BCUT2D eigenvalue weighted by atomic mass is 9.82. The van der Waals surface area contributed by atoms with Gasteiger partial charge in [-0.15, -0.1) is 0 Å². The first-order valence-electron chi connectivity index (χ1n) is 3.87. The second kappa shape index (κ2) is 3.90. The second-order valence-electron chi connectivity index (χ2n) is 4.01. The molecule has 1 unspecified atom stereocenters. The van der Waals surface area contributed by atoms with E-state index in [1.165, 1.54) is 0 Å². The Kier molecular flexibility index (Phi) is 3.79. The summed E-state index contributed by atoms with van der Waals surface area (Å²) >= 11 is 4.70. The first-order valence-corrected chi connectivity index (χ1v) is 4.28. The third-order valence-corrected chi connectivity index (χ3v) is 2.21. The molecule has 0 aromatic heterocycles. The third-order valence-electron chi connectivity index (χ3n) is 2.06. The standard InChI is InChI=1S/C8H18N2S/c1-6(8(2,3)4)5-10-7(9)11/h6H,5H2,1-4H3,(H3,9,10,11). The molecule has 0 spiro atoms. The SMILES string of the molecule is CC(CNC(N)=S)C(C)(C)C. The molecule has 0 aromatic rings. The van der Waals surface area contributed by atoms with E-state index in [1.54, 1.807) is 0 Å². The Morgan fingerprint density at radius 1 is 1.55 bits per heavy atom. The van der Waals surface area contributed by atoms with Crippen molar-refractivity contribution in [3.8, 4) is 0 Å². The van der Waals surface area contributed by atoms with Crippen LogP contribution in [0.15, 0.2) is 0 Å². The van der Waals surface area contributed by atoms with Crippen LogP contribution in [0.5, 0.6) is 0 Å². The molecule has 0 aliphatic carbocycles. The minimum Gasteiger partial charge on any atom is -0.376 e. The molecular weight excluding hydrogens is 156 g/mol. The van der Waals surface area contributed by atoms with Crippen LogP contribution in [0, 0.1) is 11.3 Å². The zero-order valence-electron chi connectivity index (χ0n) is 7.77. The van der Waals surface area contributed by atoms with Gasteiger partial charge in [-0.25, -0.2) is 0 Å². The Morgan fingerprint density at radius 3 is 2.27 bits per heavy atom. The summed E-state index contributed by atoms with van der Waals surface area (Å²) in [5.74, 6) is 0.573. The highest BCUT2D eigenvalue weighted by Crippen LogP contribution is 2.24. The summed E-state index contributed by atoms with van der Waals surface area (Å²) in [7, 11) is 0. The van der Waals surface area contributed by atoms with Gasteiger partial charge in [0.05, 0.1) is 0 Å². The van der Waals surface area contributed by atoms with Crippen molar-refractivity contribution in [1.29, 1.82) is 0 Å². The Morgan fingerprint density at radius 2 is 2.00 bits per heavy atom. The molecule has 0 fully saturated rings. The van der Waals surface area contributed by atoms with Gasteiger partial charge in [0.2, 0.25) is 0 Å². The van der Waals surface area contributed by atoms with Crippen LogP contribution in [0.25, 0.3) is 0 Å². The Bertz CT molecular complexity index is 138. The van der Waals surface area contributed by atoms with Crippen LogP contribution in [0.1, 0.15) is 27.7 Å². The molecule has 11 heavy (non-hydrogen) atoms. The lowest BCUT2D eigenvalue weighted by molar-refractivity contribution is 0.262. The largest absolute Gasteiger partial charge is 0.376 e. The lowest BCUT2D eigenvalue weighted by Crippen LogP contribution is -2.36.